The van der Waals surface area contributed by atoms with Gasteiger partial charge in [0.15, 0.2) is 0 Å². The van der Waals surface area contributed by atoms with Crippen molar-refractivity contribution in [1.29, 1.82) is 5.26 Å². The van der Waals surface area contributed by atoms with Gasteiger partial charge in [-0.2, -0.15) is 5.26 Å². The highest BCUT2D eigenvalue weighted by molar-refractivity contribution is 7.16. The summed E-state index contributed by atoms with van der Waals surface area (Å²) in [5, 5.41) is 14.5. The molecule has 1 aromatic heterocycles. The number of rotatable bonds is 3. The van der Waals surface area contributed by atoms with Crippen LogP contribution in [-0.2, 0) is 24.2 Å². The molecule has 0 atom stereocenters. The van der Waals surface area contributed by atoms with Gasteiger partial charge in [-0.05, 0) is 50.5 Å². The van der Waals surface area contributed by atoms with Crippen LogP contribution in [0.5, 0.6) is 0 Å². The third-order valence-electron chi connectivity index (χ3n) is 4.19. The van der Waals surface area contributed by atoms with E-state index < -0.39 is 5.60 Å². The van der Waals surface area contributed by atoms with Gasteiger partial charge in [-0.15, -0.1) is 11.3 Å². The number of hydrogen-bond donors (Lipinski definition) is 1. The van der Waals surface area contributed by atoms with Gasteiger partial charge in [0.1, 0.15) is 16.7 Å². The standard InChI is InChI=1S/C20H22ClN3O2S/c1-20(2,3)26-19(25)24-9-8-15-16(10-22)18(27-17(15)12-24)23-11-13-4-6-14(21)7-5-13/h4-7,23H,8-9,11-12H2,1-3H3. The van der Waals surface area contributed by atoms with Crippen LogP contribution in [-0.4, -0.2) is 23.1 Å². The molecule has 0 bridgehead atoms. The molecule has 0 saturated carbocycles. The normalized spacial score (nSPS) is 13.7. The lowest BCUT2D eigenvalue weighted by Crippen LogP contribution is -2.39. The Labute approximate surface area is 168 Å². The Balaban J connectivity index is 1.73. The zero-order valence-corrected chi connectivity index (χ0v) is 17.2. The molecule has 0 radical (unpaired) electrons. The van der Waals surface area contributed by atoms with Crippen molar-refractivity contribution in [1.82, 2.24) is 4.90 Å². The number of nitriles is 1. The molecule has 1 aliphatic heterocycles. The molecule has 0 aliphatic carbocycles. The molecule has 0 saturated heterocycles. The van der Waals surface area contributed by atoms with Gasteiger partial charge in [0, 0.05) is 23.0 Å². The Bertz CT molecular complexity index is 878. The molecule has 0 spiro atoms. The summed E-state index contributed by atoms with van der Waals surface area (Å²) in [5.41, 5.74) is 2.30. The first-order valence-electron chi connectivity index (χ1n) is 8.77. The fraction of sp³-hybridized carbons (Fsp3) is 0.400. The van der Waals surface area contributed by atoms with Gasteiger partial charge in [0.05, 0.1) is 12.1 Å². The van der Waals surface area contributed by atoms with E-state index in [9.17, 15) is 10.1 Å². The van der Waals surface area contributed by atoms with E-state index in [2.05, 4.69) is 11.4 Å². The molecule has 142 valence electrons. The van der Waals surface area contributed by atoms with E-state index in [1.807, 2.05) is 45.0 Å². The number of carbonyl (C=O) groups excluding carboxylic acids is 1. The van der Waals surface area contributed by atoms with Gasteiger partial charge in [-0.25, -0.2) is 4.79 Å². The van der Waals surface area contributed by atoms with Crippen molar-refractivity contribution in [3.63, 3.8) is 0 Å². The zero-order valence-electron chi connectivity index (χ0n) is 15.6. The van der Waals surface area contributed by atoms with E-state index in [0.717, 1.165) is 21.0 Å². The number of ether oxygens (including phenoxy) is 1. The van der Waals surface area contributed by atoms with Crippen LogP contribution in [0.2, 0.25) is 5.02 Å². The average Bonchev–Trinajstić information content (AvgIpc) is 2.96. The molecule has 5 nitrogen and oxygen atoms in total. The maximum atomic E-state index is 12.3. The fourth-order valence-corrected chi connectivity index (χ4v) is 4.25. The maximum Gasteiger partial charge on any atom is 0.410 e. The minimum Gasteiger partial charge on any atom is -0.444 e. The minimum atomic E-state index is -0.518. The first-order chi connectivity index (χ1) is 12.8. The van der Waals surface area contributed by atoms with Crippen LogP contribution in [0.1, 0.15) is 42.3 Å². The Morgan fingerprint density at radius 2 is 2.07 bits per heavy atom. The lowest BCUT2D eigenvalue weighted by atomic mass is 10.0. The first-order valence-corrected chi connectivity index (χ1v) is 9.97. The summed E-state index contributed by atoms with van der Waals surface area (Å²) in [4.78, 5) is 15.1. The van der Waals surface area contributed by atoms with Gasteiger partial charge in [0.2, 0.25) is 0 Å². The average molecular weight is 404 g/mol. The molecular formula is C20H22ClN3O2S. The van der Waals surface area contributed by atoms with Crippen LogP contribution < -0.4 is 5.32 Å². The quantitative estimate of drug-likeness (QED) is 0.766. The van der Waals surface area contributed by atoms with Crippen molar-refractivity contribution >= 4 is 34.0 Å². The number of benzene rings is 1. The number of nitrogens with zero attached hydrogens (tertiary/aromatic N) is 2. The first kappa shape index (κ1) is 19.5. The van der Waals surface area contributed by atoms with Crippen LogP contribution in [0, 0.1) is 11.3 Å². The predicted molar refractivity (Wildman–Crippen MR) is 108 cm³/mol. The highest BCUT2D eigenvalue weighted by Gasteiger charge is 2.29. The molecule has 0 unspecified atom stereocenters. The van der Waals surface area contributed by atoms with Gasteiger partial charge >= 0.3 is 6.09 Å². The summed E-state index contributed by atoms with van der Waals surface area (Å²) in [7, 11) is 0. The molecule has 1 amide bonds. The van der Waals surface area contributed by atoms with E-state index >= 15 is 0 Å². The molecular weight excluding hydrogens is 382 g/mol. The number of carbonyl (C=O) groups is 1. The lowest BCUT2D eigenvalue weighted by Gasteiger charge is -2.29. The number of thiophene rings is 1. The zero-order chi connectivity index (χ0) is 19.6. The fourth-order valence-electron chi connectivity index (χ4n) is 2.91. The molecule has 3 rings (SSSR count). The second-order valence-electron chi connectivity index (χ2n) is 7.45. The van der Waals surface area contributed by atoms with E-state index in [1.165, 1.54) is 11.3 Å². The molecule has 1 aliphatic rings. The smallest absolute Gasteiger partial charge is 0.410 e. The van der Waals surface area contributed by atoms with Crippen molar-refractivity contribution in [3.05, 3.63) is 50.9 Å². The number of fused-ring (bicyclic) bond motifs is 1. The largest absolute Gasteiger partial charge is 0.444 e. The van der Waals surface area contributed by atoms with Crippen LogP contribution in [0.4, 0.5) is 9.80 Å². The molecule has 1 aromatic carbocycles. The van der Waals surface area contributed by atoms with Crippen LogP contribution in [0.3, 0.4) is 0 Å². The van der Waals surface area contributed by atoms with Crippen molar-refractivity contribution < 1.29 is 9.53 Å². The maximum absolute atomic E-state index is 12.3. The summed E-state index contributed by atoms with van der Waals surface area (Å²) in [6, 6.07) is 9.94. The highest BCUT2D eigenvalue weighted by Crippen LogP contribution is 2.37. The predicted octanol–water partition coefficient (Wildman–Crippen LogP) is 5.18. The van der Waals surface area contributed by atoms with Gasteiger partial charge in [-0.3, -0.25) is 0 Å². The summed E-state index contributed by atoms with van der Waals surface area (Å²) >= 11 is 7.46. The molecule has 1 N–H and O–H groups in total. The van der Waals surface area contributed by atoms with Gasteiger partial charge in [-0.1, -0.05) is 23.7 Å². The van der Waals surface area contributed by atoms with Crippen molar-refractivity contribution in [2.75, 3.05) is 11.9 Å². The summed E-state index contributed by atoms with van der Waals surface area (Å²) in [6.07, 6.45) is 0.354. The van der Waals surface area contributed by atoms with Gasteiger partial charge in [0.25, 0.3) is 0 Å². The molecule has 27 heavy (non-hydrogen) atoms. The van der Waals surface area contributed by atoms with Crippen molar-refractivity contribution in [2.45, 2.75) is 45.9 Å². The lowest BCUT2D eigenvalue weighted by molar-refractivity contribution is 0.0226. The molecule has 0 fully saturated rings. The number of anilines is 1. The van der Waals surface area contributed by atoms with E-state index in [1.54, 1.807) is 4.90 Å². The second kappa shape index (κ2) is 7.79. The Morgan fingerprint density at radius 1 is 1.37 bits per heavy atom. The number of amides is 1. The summed E-state index contributed by atoms with van der Waals surface area (Å²) < 4.78 is 5.47. The molecule has 7 heteroatoms. The minimum absolute atomic E-state index is 0.310. The highest BCUT2D eigenvalue weighted by atomic mass is 35.5. The van der Waals surface area contributed by atoms with Crippen LogP contribution in [0.25, 0.3) is 0 Å². The molecule has 2 heterocycles. The van der Waals surface area contributed by atoms with E-state index in [-0.39, 0.29) is 6.09 Å². The SMILES string of the molecule is CC(C)(C)OC(=O)N1CCc2c(sc(NCc3ccc(Cl)cc3)c2C#N)C1. The van der Waals surface area contributed by atoms with Crippen LogP contribution >= 0.6 is 22.9 Å². The number of halogens is 1. The Hall–Kier alpha value is -2.23. The van der Waals surface area contributed by atoms with Crippen molar-refractivity contribution in [3.8, 4) is 6.07 Å². The summed E-state index contributed by atoms with van der Waals surface area (Å²) in [6.45, 7) is 7.23. The second-order valence-corrected chi connectivity index (χ2v) is 8.99. The topological polar surface area (TPSA) is 65.4 Å². The van der Waals surface area contributed by atoms with E-state index in [0.29, 0.717) is 36.6 Å². The third-order valence-corrected chi connectivity index (χ3v) is 5.61. The number of hydrogen-bond acceptors (Lipinski definition) is 5. The van der Waals surface area contributed by atoms with E-state index in [4.69, 9.17) is 16.3 Å². The Morgan fingerprint density at radius 3 is 2.70 bits per heavy atom. The molecule has 2 aromatic rings. The monoisotopic (exact) mass is 403 g/mol. The van der Waals surface area contributed by atoms with Crippen LogP contribution in [0.15, 0.2) is 24.3 Å². The van der Waals surface area contributed by atoms with Crippen molar-refractivity contribution in [2.24, 2.45) is 0 Å². The Kier molecular flexibility index (Phi) is 5.64. The van der Waals surface area contributed by atoms with Gasteiger partial charge < -0.3 is 15.0 Å². The third kappa shape index (κ3) is 4.74. The number of nitrogens with one attached hydrogen (secondary N) is 1. The summed E-state index contributed by atoms with van der Waals surface area (Å²) in [5.74, 6) is 0.